The number of fused-ring (bicyclic) bond motifs is 1. The summed E-state index contributed by atoms with van der Waals surface area (Å²) in [7, 11) is 0. The molecule has 1 unspecified atom stereocenters. The topological polar surface area (TPSA) is 44.6 Å². The average Bonchev–Trinajstić information content (AvgIpc) is 2.80. The van der Waals surface area contributed by atoms with Crippen LogP contribution in [0.2, 0.25) is 0 Å². The normalized spacial score (nSPS) is 27.6. The lowest BCUT2D eigenvalue weighted by Gasteiger charge is -2.23. The number of hydrogen-bond donors (Lipinski definition) is 2. The molecule has 3 rings (SSSR count). The summed E-state index contributed by atoms with van der Waals surface area (Å²) in [6, 6.07) is 0. The van der Waals surface area contributed by atoms with Gasteiger partial charge in [0.2, 0.25) is 0 Å². The van der Waals surface area contributed by atoms with Crippen LogP contribution < -0.4 is 5.32 Å². The molecule has 1 aliphatic carbocycles. The Morgan fingerprint density at radius 2 is 2.17 bits per heavy atom. The maximum Gasteiger partial charge on any atom is 0.0916 e. The van der Waals surface area contributed by atoms with E-state index >= 15 is 0 Å². The van der Waals surface area contributed by atoms with E-state index in [1.54, 1.807) is 6.08 Å². The molecule has 0 amide bonds. The fraction of sp³-hybridized carbons (Fsp3) is 0.533. The Kier molecular flexibility index (Phi) is 3.43. The molecular weight excluding hydrogens is 224 g/mol. The van der Waals surface area contributed by atoms with Crippen LogP contribution in [0.15, 0.2) is 40.6 Å². The third-order valence-electron chi connectivity index (χ3n) is 4.05. The molecule has 0 bridgehead atoms. The first-order valence-corrected chi connectivity index (χ1v) is 6.89. The van der Waals surface area contributed by atoms with E-state index in [2.05, 4.69) is 10.3 Å². The van der Waals surface area contributed by atoms with E-state index in [0.717, 1.165) is 36.7 Å². The minimum Gasteiger partial charge on any atom is -0.385 e. The van der Waals surface area contributed by atoms with E-state index in [0.29, 0.717) is 0 Å². The number of aliphatic hydroxyl groups excluding tert-OH is 1. The van der Waals surface area contributed by atoms with Crippen molar-refractivity contribution in [1.82, 2.24) is 5.32 Å². The van der Waals surface area contributed by atoms with Crippen molar-refractivity contribution in [1.29, 1.82) is 0 Å². The molecular formula is C15H20N2O. The summed E-state index contributed by atoms with van der Waals surface area (Å²) in [6.45, 7) is 2.32. The third kappa shape index (κ3) is 2.47. The molecule has 18 heavy (non-hydrogen) atoms. The second-order valence-electron chi connectivity index (χ2n) is 5.33. The molecule has 3 nitrogen and oxygen atoms in total. The standard InChI is InChI=1S/C15H20N2O/c18-13-3-4-15-14(9-13)12(10-17-15)2-1-11-5-7-16-8-6-11/h3-4,9-11,13,16,18H,1-2,5-8H2. The molecule has 0 radical (unpaired) electrons. The number of hydrogen-bond acceptors (Lipinski definition) is 3. The van der Waals surface area contributed by atoms with Crippen molar-refractivity contribution < 1.29 is 5.11 Å². The van der Waals surface area contributed by atoms with Gasteiger partial charge in [0.05, 0.1) is 11.8 Å². The summed E-state index contributed by atoms with van der Waals surface area (Å²) in [5, 5.41) is 13.0. The average molecular weight is 244 g/mol. The van der Waals surface area contributed by atoms with Gasteiger partial charge in [0, 0.05) is 11.8 Å². The van der Waals surface area contributed by atoms with Crippen LogP contribution in [0.5, 0.6) is 0 Å². The first kappa shape index (κ1) is 11.9. The van der Waals surface area contributed by atoms with Crippen LogP contribution >= 0.6 is 0 Å². The van der Waals surface area contributed by atoms with Gasteiger partial charge >= 0.3 is 0 Å². The molecule has 3 heteroatoms. The Bertz CT molecular complexity index is 439. The summed E-state index contributed by atoms with van der Waals surface area (Å²) in [4.78, 5) is 4.41. The summed E-state index contributed by atoms with van der Waals surface area (Å²) < 4.78 is 0. The molecule has 0 spiro atoms. The largest absolute Gasteiger partial charge is 0.385 e. The Morgan fingerprint density at radius 1 is 1.33 bits per heavy atom. The molecule has 2 N–H and O–H groups in total. The van der Waals surface area contributed by atoms with Gasteiger partial charge in [-0.05, 0) is 62.4 Å². The smallest absolute Gasteiger partial charge is 0.0916 e. The minimum atomic E-state index is -0.445. The van der Waals surface area contributed by atoms with Gasteiger partial charge < -0.3 is 10.4 Å². The Labute approximate surface area is 108 Å². The maximum absolute atomic E-state index is 9.64. The predicted molar refractivity (Wildman–Crippen MR) is 73.6 cm³/mol. The fourth-order valence-corrected chi connectivity index (χ4v) is 2.92. The van der Waals surface area contributed by atoms with Crippen molar-refractivity contribution in [3.63, 3.8) is 0 Å². The summed E-state index contributed by atoms with van der Waals surface area (Å²) in [5.74, 6) is 0.848. The van der Waals surface area contributed by atoms with Gasteiger partial charge in [-0.3, -0.25) is 4.99 Å². The summed E-state index contributed by atoms with van der Waals surface area (Å²) in [5.41, 5.74) is 3.46. The molecule has 2 aliphatic heterocycles. The number of allylic oxidation sites excluding steroid dienone is 3. The predicted octanol–water partition coefficient (Wildman–Crippen LogP) is 1.96. The van der Waals surface area contributed by atoms with E-state index < -0.39 is 6.10 Å². The van der Waals surface area contributed by atoms with Gasteiger partial charge in [0.15, 0.2) is 0 Å². The molecule has 2 heterocycles. The zero-order valence-electron chi connectivity index (χ0n) is 10.6. The highest BCUT2D eigenvalue weighted by Crippen LogP contribution is 2.30. The molecule has 1 fully saturated rings. The molecule has 1 saturated heterocycles. The highest BCUT2D eigenvalue weighted by Gasteiger charge is 2.21. The number of aliphatic imine (C=N–C) groups is 1. The highest BCUT2D eigenvalue weighted by molar-refractivity contribution is 6.14. The number of aliphatic hydroxyl groups is 1. The lowest BCUT2D eigenvalue weighted by Crippen LogP contribution is -2.27. The Morgan fingerprint density at radius 3 is 3.00 bits per heavy atom. The van der Waals surface area contributed by atoms with Gasteiger partial charge in [0.1, 0.15) is 0 Å². The second kappa shape index (κ2) is 5.21. The SMILES string of the molecule is OC1C=CC2=NC=C(CCC3CCNCC3)C2=C1. The zero-order valence-corrected chi connectivity index (χ0v) is 10.6. The zero-order chi connectivity index (χ0) is 12.4. The number of nitrogens with zero attached hydrogens (tertiary/aromatic N) is 1. The number of rotatable bonds is 3. The molecule has 3 aliphatic rings. The quantitative estimate of drug-likeness (QED) is 0.797. The lowest BCUT2D eigenvalue weighted by atomic mass is 9.88. The van der Waals surface area contributed by atoms with Gasteiger partial charge in [0.25, 0.3) is 0 Å². The van der Waals surface area contributed by atoms with Crippen LogP contribution in [0.1, 0.15) is 25.7 Å². The number of nitrogens with one attached hydrogen (secondary N) is 1. The highest BCUT2D eigenvalue weighted by atomic mass is 16.3. The van der Waals surface area contributed by atoms with Crippen LogP contribution in [0.4, 0.5) is 0 Å². The molecule has 96 valence electrons. The Hall–Kier alpha value is -1.19. The minimum absolute atomic E-state index is 0.445. The second-order valence-corrected chi connectivity index (χ2v) is 5.33. The summed E-state index contributed by atoms with van der Waals surface area (Å²) in [6.07, 6.45) is 12.1. The maximum atomic E-state index is 9.64. The summed E-state index contributed by atoms with van der Waals surface area (Å²) >= 11 is 0. The van der Waals surface area contributed by atoms with Gasteiger partial charge in [-0.1, -0.05) is 6.08 Å². The van der Waals surface area contributed by atoms with E-state index in [9.17, 15) is 5.11 Å². The molecule has 0 aromatic carbocycles. The van der Waals surface area contributed by atoms with Crippen LogP contribution in [0.25, 0.3) is 0 Å². The van der Waals surface area contributed by atoms with Gasteiger partial charge in [-0.2, -0.15) is 0 Å². The first-order valence-electron chi connectivity index (χ1n) is 6.89. The van der Waals surface area contributed by atoms with Crippen molar-refractivity contribution >= 4 is 5.71 Å². The van der Waals surface area contributed by atoms with Crippen molar-refractivity contribution in [3.8, 4) is 0 Å². The van der Waals surface area contributed by atoms with Gasteiger partial charge in [-0.15, -0.1) is 0 Å². The molecule has 0 aromatic rings. The van der Waals surface area contributed by atoms with Gasteiger partial charge in [-0.25, -0.2) is 0 Å². The molecule has 1 atom stereocenters. The van der Waals surface area contributed by atoms with Crippen molar-refractivity contribution in [2.45, 2.75) is 31.8 Å². The van der Waals surface area contributed by atoms with E-state index in [4.69, 9.17) is 0 Å². The fourth-order valence-electron chi connectivity index (χ4n) is 2.92. The van der Waals surface area contributed by atoms with Crippen LogP contribution in [0.3, 0.4) is 0 Å². The van der Waals surface area contributed by atoms with Crippen LogP contribution in [0, 0.1) is 5.92 Å². The Balaban J connectivity index is 1.58. The third-order valence-corrected chi connectivity index (χ3v) is 4.05. The number of piperidine rings is 1. The van der Waals surface area contributed by atoms with Crippen LogP contribution in [-0.4, -0.2) is 30.0 Å². The first-order chi connectivity index (χ1) is 8.83. The van der Waals surface area contributed by atoms with E-state index in [1.165, 1.54) is 24.8 Å². The van der Waals surface area contributed by atoms with E-state index in [-0.39, 0.29) is 0 Å². The monoisotopic (exact) mass is 244 g/mol. The molecule has 0 aromatic heterocycles. The van der Waals surface area contributed by atoms with Crippen molar-refractivity contribution in [2.75, 3.05) is 13.1 Å². The van der Waals surface area contributed by atoms with Crippen molar-refractivity contribution in [2.24, 2.45) is 10.9 Å². The molecule has 0 saturated carbocycles. The van der Waals surface area contributed by atoms with E-state index in [1.807, 2.05) is 18.4 Å². The lowest BCUT2D eigenvalue weighted by molar-refractivity contribution is 0.270. The van der Waals surface area contributed by atoms with Crippen LogP contribution in [-0.2, 0) is 0 Å². The van der Waals surface area contributed by atoms with Crippen molar-refractivity contribution in [3.05, 3.63) is 35.6 Å².